The highest BCUT2D eigenvalue weighted by Crippen LogP contribution is 2.06. The van der Waals surface area contributed by atoms with Gasteiger partial charge >= 0.3 is 11.9 Å². The second-order valence-electron chi connectivity index (χ2n) is 4.53. The maximum Gasteiger partial charge on any atom is 0.337 e. The van der Waals surface area contributed by atoms with Crippen LogP contribution in [0.25, 0.3) is 0 Å². The number of rotatable bonds is 8. The lowest BCUT2D eigenvalue weighted by Gasteiger charge is -2.09. The zero-order chi connectivity index (χ0) is 14.0. The van der Waals surface area contributed by atoms with E-state index in [1.807, 2.05) is 27.7 Å². The Kier molecular flexibility index (Phi) is 8.97. The molecule has 0 aromatic heterocycles. The summed E-state index contributed by atoms with van der Waals surface area (Å²) >= 11 is 0. The van der Waals surface area contributed by atoms with E-state index in [4.69, 9.17) is 9.47 Å². The Morgan fingerprint density at radius 1 is 1.17 bits per heavy atom. The van der Waals surface area contributed by atoms with Crippen LogP contribution in [0.4, 0.5) is 0 Å². The van der Waals surface area contributed by atoms with Crippen LogP contribution in [0.15, 0.2) is 11.6 Å². The monoisotopic (exact) mass is 256 g/mol. The van der Waals surface area contributed by atoms with Crippen molar-refractivity contribution in [3.8, 4) is 0 Å². The number of hydrogen-bond acceptors (Lipinski definition) is 4. The lowest BCUT2D eigenvalue weighted by atomic mass is 10.1. The van der Waals surface area contributed by atoms with Crippen LogP contribution < -0.4 is 0 Å². The number of hydrogen-bond donors (Lipinski definition) is 0. The van der Waals surface area contributed by atoms with Gasteiger partial charge in [0.25, 0.3) is 0 Å². The first-order valence-corrected chi connectivity index (χ1v) is 6.53. The average Bonchev–Trinajstić information content (AvgIpc) is 2.30. The lowest BCUT2D eigenvalue weighted by molar-refractivity contribution is -0.145. The molecule has 4 heteroatoms. The Morgan fingerprint density at radius 3 is 2.33 bits per heavy atom. The van der Waals surface area contributed by atoms with E-state index in [2.05, 4.69) is 0 Å². The molecule has 0 saturated carbocycles. The summed E-state index contributed by atoms with van der Waals surface area (Å²) in [6.45, 7) is 8.13. The first-order chi connectivity index (χ1) is 8.51. The summed E-state index contributed by atoms with van der Waals surface area (Å²) in [4.78, 5) is 23.0. The number of esters is 2. The molecular formula is C14H24O4. The molecule has 0 N–H and O–H groups in total. The number of allylic oxidation sites excluding steroid dienone is 1. The van der Waals surface area contributed by atoms with Gasteiger partial charge in [0.15, 0.2) is 0 Å². The van der Waals surface area contributed by atoms with Gasteiger partial charge in [-0.05, 0) is 18.8 Å². The third-order valence-electron chi connectivity index (χ3n) is 2.11. The van der Waals surface area contributed by atoms with Gasteiger partial charge in [-0.15, -0.1) is 0 Å². The van der Waals surface area contributed by atoms with Crippen molar-refractivity contribution >= 4 is 11.9 Å². The lowest BCUT2D eigenvalue weighted by Crippen LogP contribution is -2.16. The highest BCUT2D eigenvalue weighted by molar-refractivity contribution is 5.89. The van der Waals surface area contributed by atoms with E-state index in [0.717, 1.165) is 6.42 Å². The van der Waals surface area contributed by atoms with E-state index in [9.17, 15) is 9.59 Å². The van der Waals surface area contributed by atoms with Crippen LogP contribution in [0.2, 0.25) is 0 Å². The fourth-order valence-electron chi connectivity index (χ4n) is 1.29. The number of carbonyl (C=O) groups is 2. The van der Waals surface area contributed by atoms with Gasteiger partial charge in [0.05, 0.1) is 12.2 Å². The molecule has 0 fully saturated rings. The summed E-state index contributed by atoms with van der Waals surface area (Å²) in [7, 11) is 0. The van der Waals surface area contributed by atoms with Crippen LogP contribution >= 0.6 is 0 Å². The molecule has 0 aromatic carbocycles. The molecule has 0 aromatic rings. The third-order valence-corrected chi connectivity index (χ3v) is 2.11. The van der Waals surface area contributed by atoms with Gasteiger partial charge in [-0.25, -0.2) is 4.79 Å². The predicted octanol–water partition coefficient (Wildman–Crippen LogP) is 2.87. The molecule has 0 bridgehead atoms. The number of carbonyl (C=O) groups excluding carboxylic acids is 2. The summed E-state index contributed by atoms with van der Waals surface area (Å²) in [6, 6.07) is 0. The van der Waals surface area contributed by atoms with Crippen molar-refractivity contribution in [1.82, 2.24) is 0 Å². The summed E-state index contributed by atoms with van der Waals surface area (Å²) in [6.07, 6.45) is 3.58. The molecule has 0 heterocycles. The molecule has 0 aliphatic heterocycles. The molecule has 0 rings (SSSR count). The molecule has 0 unspecified atom stereocenters. The Hall–Kier alpha value is -1.32. The van der Waals surface area contributed by atoms with Crippen molar-refractivity contribution in [3.63, 3.8) is 0 Å². The Morgan fingerprint density at radius 2 is 1.83 bits per heavy atom. The van der Waals surface area contributed by atoms with E-state index in [1.165, 1.54) is 0 Å². The van der Waals surface area contributed by atoms with E-state index < -0.39 is 5.97 Å². The van der Waals surface area contributed by atoms with E-state index in [-0.39, 0.29) is 18.5 Å². The van der Waals surface area contributed by atoms with Gasteiger partial charge < -0.3 is 9.47 Å². The van der Waals surface area contributed by atoms with E-state index in [0.29, 0.717) is 25.0 Å². The first-order valence-electron chi connectivity index (χ1n) is 6.53. The largest absolute Gasteiger partial charge is 0.462 e. The van der Waals surface area contributed by atoms with Gasteiger partial charge in [0.2, 0.25) is 0 Å². The fourth-order valence-corrected chi connectivity index (χ4v) is 1.29. The van der Waals surface area contributed by atoms with Gasteiger partial charge in [0, 0.05) is 6.42 Å². The topological polar surface area (TPSA) is 52.6 Å². The summed E-state index contributed by atoms with van der Waals surface area (Å²) in [5.41, 5.74) is 0.419. The normalized spacial score (nSPS) is 11.5. The predicted molar refractivity (Wildman–Crippen MR) is 70.0 cm³/mol. The van der Waals surface area contributed by atoms with Crippen LogP contribution in [0.3, 0.4) is 0 Å². The van der Waals surface area contributed by atoms with Crippen molar-refractivity contribution in [2.45, 2.75) is 47.0 Å². The molecular weight excluding hydrogens is 232 g/mol. The molecule has 4 nitrogen and oxygen atoms in total. The number of ether oxygens (including phenoxy) is 2. The van der Waals surface area contributed by atoms with Crippen molar-refractivity contribution in [2.24, 2.45) is 5.92 Å². The summed E-state index contributed by atoms with van der Waals surface area (Å²) < 4.78 is 10.1. The van der Waals surface area contributed by atoms with Crippen LogP contribution in [-0.4, -0.2) is 25.2 Å². The first kappa shape index (κ1) is 16.7. The molecule has 0 amide bonds. The highest BCUT2D eigenvalue weighted by atomic mass is 16.5. The molecule has 0 atom stereocenters. The maximum atomic E-state index is 11.6. The molecule has 0 aliphatic rings. The minimum Gasteiger partial charge on any atom is -0.462 e. The van der Waals surface area contributed by atoms with Crippen LogP contribution in [0, 0.1) is 5.92 Å². The Labute approximate surface area is 109 Å². The second-order valence-corrected chi connectivity index (χ2v) is 4.53. The maximum absolute atomic E-state index is 11.6. The van der Waals surface area contributed by atoms with Crippen molar-refractivity contribution < 1.29 is 19.1 Å². The van der Waals surface area contributed by atoms with Gasteiger partial charge in [-0.2, -0.15) is 0 Å². The Bertz CT molecular complexity index is 292. The minimum atomic E-state index is -0.393. The van der Waals surface area contributed by atoms with Gasteiger partial charge in [0.1, 0.15) is 6.61 Å². The zero-order valence-electron chi connectivity index (χ0n) is 11.8. The van der Waals surface area contributed by atoms with Crippen molar-refractivity contribution in [3.05, 3.63) is 11.6 Å². The van der Waals surface area contributed by atoms with Crippen LogP contribution in [0.1, 0.15) is 47.0 Å². The second kappa shape index (κ2) is 9.68. The zero-order valence-corrected chi connectivity index (χ0v) is 11.8. The molecule has 0 saturated heterocycles. The molecule has 0 radical (unpaired) electrons. The summed E-state index contributed by atoms with van der Waals surface area (Å²) in [5.74, 6) is -0.422. The molecule has 0 aliphatic carbocycles. The van der Waals surface area contributed by atoms with Crippen molar-refractivity contribution in [1.29, 1.82) is 0 Å². The standard InChI is InChI=1S/C14H24O4/c1-5-7-12(14(16)17-8-6-2)10-18-13(15)9-11(3)4/h7,11H,5-6,8-10H2,1-4H3. The Balaban J connectivity index is 4.24. The minimum absolute atomic E-state index is 0.00193. The molecule has 18 heavy (non-hydrogen) atoms. The average molecular weight is 256 g/mol. The van der Waals surface area contributed by atoms with Crippen LogP contribution in [-0.2, 0) is 19.1 Å². The smallest absolute Gasteiger partial charge is 0.337 e. The third kappa shape index (κ3) is 7.87. The van der Waals surface area contributed by atoms with E-state index >= 15 is 0 Å². The van der Waals surface area contributed by atoms with Gasteiger partial charge in [-0.1, -0.05) is 33.8 Å². The van der Waals surface area contributed by atoms with Crippen molar-refractivity contribution in [2.75, 3.05) is 13.2 Å². The van der Waals surface area contributed by atoms with Crippen LogP contribution in [0.5, 0.6) is 0 Å². The quantitative estimate of drug-likeness (QED) is 0.495. The van der Waals surface area contributed by atoms with Gasteiger partial charge in [-0.3, -0.25) is 4.79 Å². The fraction of sp³-hybridized carbons (Fsp3) is 0.714. The molecule has 0 spiro atoms. The SMILES string of the molecule is CCC=C(COC(=O)CC(C)C)C(=O)OCCC. The van der Waals surface area contributed by atoms with E-state index in [1.54, 1.807) is 6.08 Å². The molecule has 104 valence electrons. The highest BCUT2D eigenvalue weighted by Gasteiger charge is 2.13. The summed E-state index contributed by atoms with van der Waals surface area (Å²) in [5, 5.41) is 0.